The van der Waals surface area contributed by atoms with Gasteiger partial charge in [-0.2, -0.15) is 0 Å². The predicted molar refractivity (Wildman–Crippen MR) is 49.7 cm³/mol. The van der Waals surface area contributed by atoms with Crippen molar-refractivity contribution in [1.82, 2.24) is 4.31 Å². The fraction of sp³-hybridized carbons (Fsp3) is 1.00. The molecule has 1 heterocycles. The first-order valence-corrected chi connectivity index (χ1v) is 6.21. The summed E-state index contributed by atoms with van der Waals surface area (Å²) in [6, 6.07) is 0. The van der Waals surface area contributed by atoms with Gasteiger partial charge in [0.1, 0.15) is 6.67 Å². The molecule has 3 nitrogen and oxygen atoms in total. The fourth-order valence-corrected chi connectivity index (χ4v) is 2.71. The predicted octanol–water partition coefficient (Wildman–Crippen LogP) is 1.02. The number of halogens is 1. The number of hydrogen-bond acceptors (Lipinski definition) is 2. The van der Waals surface area contributed by atoms with E-state index in [1.54, 1.807) is 0 Å². The molecule has 1 rings (SSSR count). The summed E-state index contributed by atoms with van der Waals surface area (Å²) in [5.74, 6) is 0.235. The van der Waals surface area contributed by atoms with E-state index in [1.165, 1.54) is 4.31 Å². The molecule has 0 atom stereocenters. The van der Waals surface area contributed by atoms with Crippen LogP contribution in [0.3, 0.4) is 0 Å². The lowest BCUT2D eigenvalue weighted by molar-refractivity contribution is 0.287. The zero-order valence-corrected chi connectivity index (χ0v) is 8.69. The molecule has 1 aliphatic heterocycles. The quantitative estimate of drug-likeness (QED) is 0.696. The molecule has 0 aromatic carbocycles. The highest BCUT2D eigenvalue weighted by atomic mass is 32.2. The summed E-state index contributed by atoms with van der Waals surface area (Å²) < 4.78 is 36.1. The second-order valence-corrected chi connectivity index (χ2v) is 5.68. The molecule has 0 radical (unpaired) electrons. The van der Waals surface area contributed by atoms with Gasteiger partial charge in [0.25, 0.3) is 0 Å². The number of sulfonamides is 1. The lowest BCUT2D eigenvalue weighted by Gasteiger charge is -2.28. The van der Waals surface area contributed by atoms with Crippen molar-refractivity contribution >= 4 is 10.0 Å². The Morgan fingerprint density at radius 2 is 1.92 bits per heavy atom. The van der Waals surface area contributed by atoms with Crippen molar-refractivity contribution in [1.29, 1.82) is 0 Å². The van der Waals surface area contributed by atoms with E-state index in [2.05, 4.69) is 6.92 Å². The van der Waals surface area contributed by atoms with Gasteiger partial charge in [-0.3, -0.25) is 0 Å². The van der Waals surface area contributed by atoms with Crippen molar-refractivity contribution in [3.63, 3.8) is 0 Å². The molecule has 0 amide bonds. The molecule has 1 fully saturated rings. The van der Waals surface area contributed by atoms with Gasteiger partial charge in [-0.1, -0.05) is 6.92 Å². The molecule has 0 bridgehead atoms. The third kappa shape index (κ3) is 2.91. The molecule has 0 saturated carbocycles. The van der Waals surface area contributed by atoms with Crippen LogP contribution in [0.4, 0.5) is 4.39 Å². The Kier molecular flexibility index (Phi) is 3.67. The molecule has 0 spiro atoms. The molecule has 5 heteroatoms. The Morgan fingerprint density at radius 1 is 1.38 bits per heavy atom. The molecule has 0 N–H and O–H groups in total. The maximum absolute atomic E-state index is 11.9. The molecule has 0 aromatic rings. The Morgan fingerprint density at radius 3 is 2.38 bits per heavy atom. The normalized spacial score (nSPS) is 22.0. The highest BCUT2D eigenvalue weighted by Crippen LogP contribution is 2.18. The van der Waals surface area contributed by atoms with Gasteiger partial charge < -0.3 is 0 Å². The van der Waals surface area contributed by atoms with Crippen LogP contribution in [0.15, 0.2) is 0 Å². The Balaban J connectivity index is 2.53. The largest absolute Gasteiger partial charge is 0.250 e. The van der Waals surface area contributed by atoms with Crippen molar-refractivity contribution in [2.75, 3.05) is 25.5 Å². The van der Waals surface area contributed by atoms with Gasteiger partial charge in [0.2, 0.25) is 10.0 Å². The fourth-order valence-electron chi connectivity index (χ4n) is 1.49. The van der Waals surface area contributed by atoms with Crippen LogP contribution >= 0.6 is 0 Å². The number of piperidine rings is 1. The van der Waals surface area contributed by atoms with Gasteiger partial charge in [0.15, 0.2) is 0 Å². The van der Waals surface area contributed by atoms with E-state index in [4.69, 9.17) is 0 Å². The summed E-state index contributed by atoms with van der Waals surface area (Å²) in [6.45, 7) is 2.44. The van der Waals surface area contributed by atoms with E-state index < -0.39 is 16.7 Å². The van der Waals surface area contributed by atoms with Gasteiger partial charge in [0.05, 0.1) is 5.75 Å². The highest BCUT2D eigenvalue weighted by Gasteiger charge is 2.25. The Hall–Kier alpha value is -0.160. The van der Waals surface area contributed by atoms with Gasteiger partial charge >= 0.3 is 0 Å². The molecule has 0 aromatic heterocycles. The molecule has 78 valence electrons. The van der Waals surface area contributed by atoms with E-state index in [9.17, 15) is 12.8 Å². The minimum Gasteiger partial charge on any atom is -0.250 e. The molecule has 0 unspecified atom stereocenters. The third-order valence-electron chi connectivity index (χ3n) is 2.47. The zero-order chi connectivity index (χ0) is 9.90. The number of alkyl halides is 1. The number of hydrogen-bond donors (Lipinski definition) is 0. The monoisotopic (exact) mass is 209 g/mol. The van der Waals surface area contributed by atoms with E-state index in [-0.39, 0.29) is 5.75 Å². The summed E-state index contributed by atoms with van der Waals surface area (Å²) >= 11 is 0. The molecule has 13 heavy (non-hydrogen) atoms. The molecule has 1 saturated heterocycles. The topological polar surface area (TPSA) is 37.4 Å². The lowest BCUT2D eigenvalue weighted by atomic mass is 10.0. The van der Waals surface area contributed by atoms with Crippen LogP contribution in [0, 0.1) is 5.92 Å². The lowest BCUT2D eigenvalue weighted by Crippen LogP contribution is -2.39. The summed E-state index contributed by atoms with van der Waals surface area (Å²) in [5, 5.41) is 0. The maximum atomic E-state index is 11.9. The summed E-state index contributed by atoms with van der Waals surface area (Å²) in [6.07, 6.45) is 1.79. The second kappa shape index (κ2) is 4.37. The van der Waals surface area contributed by atoms with E-state index in [0.29, 0.717) is 19.0 Å². The van der Waals surface area contributed by atoms with Crippen LogP contribution in [-0.2, 0) is 10.0 Å². The van der Waals surface area contributed by atoms with Gasteiger partial charge in [-0.05, 0) is 18.8 Å². The van der Waals surface area contributed by atoms with E-state index in [1.807, 2.05) is 0 Å². The molecular weight excluding hydrogens is 193 g/mol. The van der Waals surface area contributed by atoms with Crippen LogP contribution in [0.5, 0.6) is 0 Å². The minimum absolute atomic E-state index is 0.360. The molecule has 1 aliphatic rings. The van der Waals surface area contributed by atoms with Crippen LogP contribution in [0.2, 0.25) is 0 Å². The van der Waals surface area contributed by atoms with Gasteiger partial charge in [-0.15, -0.1) is 0 Å². The van der Waals surface area contributed by atoms with E-state index >= 15 is 0 Å². The van der Waals surface area contributed by atoms with Crippen LogP contribution in [0.1, 0.15) is 19.8 Å². The van der Waals surface area contributed by atoms with Gasteiger partial charge in [-0.25, -0.2) is 17.1 Å². The summed E-state index contributed by atoms with van der Waals surface area (Å²) in [4.78, 5) is 0. The van der Waals surface area contributed by atoms with Crippen LogP contribution < -0.4 is 0 Å². The second-order valence-electron chi connectivity index (χ2n) is 3.59. The first-order valence-electron chi connectivity index (χ1n) is 4.60. The Bertz CT molecular complexity index is 245. The zero-order valence-electron chi connectivity index (χ0n) is 7.87. The summed E-state index contributed by atoms with van der Waals surface area (Å²) in [5.41, 5.74) is 0. The van der Waals surface area contributed by atoms with Crippen LogP contribution in [-0.4, -0.2) is 38.2 Å². The standard InChI is InChI=1S/C8H16FNO2S/c1-8-2-5-10(6-3-8)13(11,12)7-4-9/h8H,2-7H2,1H3. The third-order valence-corrected chi connectivity index (χ3v) is 4.29. The van der Waals surface area contributed by atoms with Crippen molar-refractivity contribution in [3.8, 4) is 0 Å². The average molecular weight is 209 g/mol. The highest BCUT2D eigenvalue weighted by molar-refractivity contribution is 7.89. The van der Waals surface area contributed by atoms with Crippen molar-refractivity contribution in [3.05, 3.63) is 0 Å². The first-order chi connectivity index (χ1) is 6.06. The maximum Gasteiger partial charge on any atom is 0.216 e. The molecular formula is C8H16FNO2S. The van der Waals surface area contributed by atoms with E-state index in [0.717, 1.165) is 12.8 Å². The van der Waals surface area contributed by atoms with Crippen LogP contribution in [0.25, 0.3) is 0 Å². The first kappa shape index (κ1) is 10.9. The van der Waals surface area contributed by atoms with Crippen molar-refractivity contribution in [2.45, 2.75) is 19.8 Å². The number of rotatable bonds is 3. The van der Waals surface area contributed by atoms with Crippen molar-refractivity contribution < 1.29 is 12.8 Å². The smallest absolute Gasteiger partial charge is 0.216 e. The summed E-state index contributed by atoms with van der Waals surface area (Å²) in [7, 11) is -3.30. The number of nitrogens with zero attached hydrogens (tertiary/aromatic N) is 1. The average Bonchev–Trinajstić information content (AvgIpc) is 2.05. The minimum atomic E-state index is -3.30. The van der Waals surface area contributed by atoms with Gasteiger partial charge in [0, 0.05) is 13.1 Å². The SMILES string of the molecule is CC1CCN(S(=O)(=O)CCF)CC1. The molecule has 0 aliphatic carbocycles. The van der Waals surface area contributed by atoms with Crippen molar-refractivity contribution in [2.24, 2.45) is 5.92 Å². The Labute approximate surface area is 79.0 Å².